The Morgan fingerprint density at radius 3 is 2.85 bits per heavy atom. The molecule has 0 saturated heterocycles. The lowest BCUT2D eigenvalue weighted by Crippen LogP contribution is -2.46. The Hall–Kier alpha value is -2.99. The van der Waals surface area contributed by atoms with Crippen molar-refractivity contribution < 1.29 is 24.5 Å². The molecule has 0 bridgehead atoms. The third-order valence-corrected chi connectivity index (χ3v) is 5.08. The lowest BCUT2D eigenvalue weighted by Gasteiger charge is -2.45. The number of phenols is 1. The number of ether oxygens (including phenoxy) is 2. The molecule has 2 aromatic rings. The SMILES string of the molecule is O=C1OC2(C3=C(C[C@H]3O)Oc3cc(O)ccc32)c2cc(N=C=S)ccc21. The van der Waals surface area contributed by atoms with Crippen LogP contribution < -0.4 is 4.74 Å². The van der Waals surface area contributed by atoms with E-state index < -0.39 is 17.7 Å². The van der Waals surface area contributed by atoms with Gasteiger partial charge in [0, 0.05) is 29.2 Å². The number of aliphatic hydroxyl groups excluding tert-OH is 1. The van der Waals surface area contributed by atoms with E-state index in [2.05, 4.69) is 22.4 Å². The average Bonchev–Trinajstić information content (AvgIpc) is 2.86. The van der Waals surface area contributed by atoms with Crippen molar-refractivity contribution in [2.24, 2.45) is 4.99 Å². The van der Waals surface area contributed by atoms with Gasteiger partial charge in [-0.2, -0.15) is 4.99 Å². The van der Waals surface area contributed by atoms with Gasteiger partial charge in [-0.15, -0.1) is 0 Å². The molecule has 0 aromatic heterocycles. The molecule has 0 amide bonds. The number of fused-ring (bicyclic) bond motifs is 5. The Morgan fingerprint density at radius 1 is 1.23 bits per heavy atom. The van der Waals surface area contributed by atoms with Gasteiger partial charge in [-0.1, -0.05) is 0 Å². The summed E-state index contributed by atoms with van der Waals surface area (Å²) in [5.41, 5.74) is 1.23. The van der Waals surface area contributed by atoms with Crippen molar-refractivity contribution in [3.8, 4) is 11.5 Å². The summed E-state index contributed by atoms with van der Waals surface area (Å²) in [7, 11) is 0. The van der Waals surface area contributed by atoms with E-state index in [1.54, 1.807) is 24.3 Å². The highest BCUT2D eigenvalue weighted by atomic mass is 32.1. The number of hydrogen-bond acceptors (Lipinski definition) is 7. The molecule has 5 rings (SSSR count). The van der Waals surface area contributed by atoms with Gasteiger partial charge < -0.3 is 19.7 Å². The maximum absolute atomic E-state index is 12.6. The summed E-state index contributed by atoms with van der Waals surface area (Å²) in [6.07, 6.45) is -0.472. The summed E-state index contributed by atoms with van der Waals surface area (Å²) < 4.78 is 11.7. The van der Waals surface area contributed by atoms with Crippen molar-refractivity contribution in [3.63, 3.8) is 0 Å². The second kappa shape index (κ2) is 5.02. The summed E-state index contributed by atoms with van der Waals surface area (Å²) in [5, 5.41) is 22.5. The van der Waals surface area contributed by atoms with Crippen LogP contribution in [-0.2, 0) is 10.3 Å². The van der Waals surface area contributed by atoms with Crippen LogP contribution in [0.15, 0.2) is 52.7 Å². The molecule has 2 N–H and O–H groups in total. The van der Waals surface area contributed by atoms with Gasteiger partial charge in [0.2, 0.25) is 0 Å². The number of carbonyl (C=O) groups excluding carboxylic acids is 1. The van der Waals surface area contributed by atoms with Crippen molar-refractivity contribution in [2.45, 2.75) is 18.1 Å². The molecule has 2 atom stereocenters. The Bertz CT molecular complexity index is 1090. The van der Waals surface area contributed by atoms with Crippen LogP contribution in [0.2, 0.25) is 0 Å². The van der Waals surface area contributed by atoms with Gasteiger partial charge in [-0.3, -0.25) is 0 Å². The van der Waals surface area contributed by atoms with Crippen LogP contribution in [0.25, 0.3) is 0 Å². The average molecular weight is 365 g/mol. The van der Waals surface area contributed by atoms with Gasteiger partial charge in [0.15, 0.2) is 5.60 Å². The zero-order valence-corrected chi connectivity index (χ0v) is 14.0. The maximum Gasteiger partial charge on any atom is 0.340 e. The minimum Gasteiger partial charge on any atom is -0.508 e. The zero-order chi connectivity index (χ0) is 18.1. The van der Waals surface area contributed by atoms with E-state index in [4.69, 9.17) is 9.47 Å². The van der Waals surface area contributed by atoms with E-state index >= 15 is 0 Å². The van der Waals surface area contributed by atoms with E-state index in [1.165, 1.54) is 12.1 Å². The largest absolute Gasteiger partial charge is 0.508 e. The first-order chi connectivity index (χ1) is 12.5. The number of nitrogens with zero attached hydrogens (tertiary/aromatic N) is 1. The number of benzene rings is 2. The third-order valence-electron chi connectivity index (χ3n) is 4.99. The van der Waals surface area contributed by atoms with Crippen molar-refractivity contribution >= 4 is 29.0 Å². The molecule has 2 aliphatic heterocycles. The molecule has 2 heterocycles. The smallest absolute Gasteiger partial charge is 0.340 e. The summed E-state index contributed by atoms with van der Waals surface area (Å²) in [6.45, 7) is 0. The van der Waals surface area contributed by atoms with E-state index in [0.717, 1.165) is 0 Å². The van der Waals surface area contributed by atoms with Crippen LogP contribution in [0.3, 0.4) is 0 Å². The number of thiocarbonyl (C=S) groups is 1. The minimum atomic E-state index is -1.30. The minimum absolute atomic E-state index is 0.0337. The fraction of sp³-hybridized carbons (Fsp3) is 0.158. The first-order valence-corrected chi connectivity index (χ1v) is 8.34. The molecular weight excluding hydrogens is 354 g/mol. The predicted molar refractivity (Wildman–Crippen MR) is 93.7 cm³/mol. The standard InChI is InChI=1S/C19H11NO5S/c21-10-2-4-12-15(6-10)24-16-7-14(22)17(16)19(12)13-5-9(20-8-26)1-3-11(13)18(23)25-19/h1-6,14,21-22H,7H2/t14-,19?/m1/s1. The molecule has 1 aliphatic carbocycles. The lowest BCUT2D eigenvalue weighted by molar-refractivity contribution is -0.000352. The number of hydrogen-bond donors (Lipinski definition) is 2. The van der Waals surface area contributed by atoms with Crippen molar-refractivity contribution in [1.82, 2.24) is 0 Å². The van der Waals surface area contributed by atoms with E-state index in [9.17, 15) is 15.0 Å². The normalized spacial score (nSPS) is 24.7. The Kier molecular flexibility index (Phi) is 2.95. The maximum atomic E-state index is 12.6. The molecule has 2 aromatic carbocycles. The van der Waals surface area contributed by atoms with Gasteiger partial charge in [0.1, 0.15) is 17.3 Å². The van der Waals surface area contributed by atoms with Crippen molar-refractivity contribution in [2.75, 3.05) is 0 Å². The number of rotatable bonds is 1. The summed E-state index contributed by atoms with van der Waals surface area (Å²) in [6, 6.07) is 9.58. The zero-order valence-electron chi connectivity index (χ0n) is 13.2. The summed E-state index contributed by atoms with van der Waals surface area (Å²) in [4.78, 5) is 16.6. The third kappa shape index (κ3) is 1.77. The Labute approximate surface area is 153 Å². The van der Waals surface area contributed by atoms with E-state index in [1.807, 2.05) is 0 Å². The summed E-state index contributed by atoms with van der Waals surface area (Å²) in [5.74, 6) is 0.469. The number of carbonyl (C=O) groups is 1. The first-order valence-electron chi connectivity index (χ1n) is 7.93. The second-order valence-electron chi connectivity index (χ2n) is 6.34. The molecule has 0 saturated carbocycles. The summed E-state index contributed by atoms with van der Waals surface area (Å²) >= 11 is 4.67. The monoisotopic (exact) mass is 365 g/mol. The molecule has 3 aliphatic rings. The second-order valence-corrected chi connectivity index (χ2v) is 6.53. The highest BCUT2D eigenvalue weighted by Crippen LogP contribution is 2.59. The number of aliphatic imine (C=N–C) groups is 1. The fourth-order valence-corrected chi connectivity index (χ4v) is 4.01. The Morgan fingerprint density at radius 2 is 2.08 bits per heavy atom. The van der Waals surface area contributed by atoms with E-state index in [0.29, 0.717) is 45.9 Å². The number of phenolic OH excluding ortho intramolecular Hbond substituents is 1. The number of aliphatic hydroxyl groups is 1. The molecule has 0 radical (unpaired) electrons. The quantitative estimate of drug-likeness (QED) is 0.459. The van der Waals surface area contributed by atoms with Crippen LogP contribution in [0.5, 0.6) is 11.5 Å². The number of aromatic hydroxyl groups is 1. The van der Waals surface area contributed by atoms with Crippen LogP contribution in [0.1, 0.15) is 27.9 Å². The van der Waals surface area contributed by atoms with Crippen LogP contribution in [0, 0.1) is 0 Å². The number of esters is 1. The first kappa shape index (κ1) is 15.3. The van der Waals surface area contributed by atoms with Gasteiger partial charge in [-0.05, 0) is 42.5 Å². The van der Waals surface area contributed by atoms with E-state index in [-0.39, 0.29) is 5.75 Å². The van der Waals surface area contributed by atoms with Gasteiger partial charge in [0.25, 0.3) is 0 Å². The van der Waals surface area contributed by atoms with Crippen LogP contribution in [-0.4, -0.2) is 27.4 Å². The van der Waals surface area contributed by atoms with Crippen LogP contribution in [0.4, 0.5) is 5.69 Å². The van der Waals surface area contributed by atoms with Gasteiger partial charge in [-0.25, -0.2) is 4.79 Å². The molecule has 1 spiro atoms. The van der Waals surface area contributed by atoms with Crippen molar-refractivity contribution in [3.05, 3.63) is 64.4 Å². The molecule has 128 valence electrons. The lowest BCUT2D eigenvalue weighted by atomic mass is 9.70. The highest BCUT2D eigenvalue weighted by Gasteiger charge is 2.59. The molecular formula is C19H11NO5S. The fourth-order valence-electron chi connectivity index (χ4n) is 3.91. The number of isothiocyanates is 1. The molecule has 6 nitrogen and oxygen atoms in total. The molecule has 7 heteroatoms. The van der Waals surface area contributed by atoms with Gasteiger partial charge >= 0.3 is 5.97 Å². The highest BCUT2D eigenvalue weighted by molar-refractivity contribution is 7.78. The van der Waals surface area contributed by atoms with Gasteiger partial charge in [0.05, 0.1) is 22.5 Å². The topological polar surface area (TPSA) is 88.4 Å². The predicted octanol–water partition coefficient (Wildman–Crippen LogP) is 2.95. The van der Waals surface area contributed by atoms with Crippen molar-refractivity contribution in [1.29, 1.82) is 0 Å². The molecule has 0 fully saturated rings. The molecule has 26 heavy (non-hydrogen) atoms. The Balaban J connectivity index is 1.86. The molecule has 1 unspecified atom stereocenters. The van der Waals surface area contributed by atoms with Crippen LogP contribution >= 0.6 is 12.2 Å².